The van der Waals surface area contributed by atoms with Crippen LogP contribution in [0.2, 0.25) is 0 Å². The van der Waals surface area contributed by atoms with Gasteiger partial charge in [-0.15, -0.1) is 5.10 Å². The Balaban J connectivity index is 1.80. The van der Waals surface area contributed by atoms with Crippen molar-refractivity contribution in [2.24, 2.45) is 0 Å². The molecule has 1 N–H and O–H groups in total. The first-order chi connectivity index (χ1) is 12.0. The molecule has 0 aliphatic carbocycles. The number of alkyl halides is 2. The third-order valence-corrected chi connectivity index (χ3v) is 3.34. The number of anilines is 1. The van der Waals surface area contributed by atoms with Crippen LogP contribution < -0.4 is 10.1 Å². The molecule has 0 fully saturated rings. The molecule has 0 saturated heterocycles. The Labute approximate surface area is 141 Å². The van der Waals surface area contributed by atoms with Crippen LogP contribution in [0, 0.1) is 6.92 Å². The Morgan fingerprint density at radius 2 is 2.00 bits per heavy atom. The number of carbonyl (C=O) groups is 1. The number of benzene rings is 1. The standard InChI is InChI=1S/C16H13F2N5O2/c1-10-14(15(24)20-11-3-2-8-19-9-11)21-22-23(10)12-4-6-13(7-5-12)25-16(17)18/h2-9,16H,1H3,(H,20,24). The number of nitrogens with one attached hydrogen (secondary N) is 1. The van der Waals surface area contributed by atoms with E-state index in [1.807, 2.05) is 0 Å². The Bertz CT molecular complexity index is 866. The molecule has 2 aromatic heterocycles. The second-order valence-corrected chi connectivity index (χ2v) is 5.00. The molecule has 0 atom stereocenters. The van der Waals surface area contributed by atoms with Gasteiger partial charge in [-0.1, -0.05) is 5.21 Å². The number of ether oxygens (including phenoxy) is 1. The molecule has 1 amide bonds. The van der Waals surface area contributed by atoms with Crippen LogP contribution in [0.15, 0.2) is 48.8 Å². The van der Waals surface area contributed by atoms with E-state index in [1.165, 1.54) is 23.0 Å². The molecule has 7 nitrogen and oxygen atoms in total. The van der Waals surface area contributed by atoms with Crippen molar-refractivity contribution in [2.75, 3.05) is 5.32 Å². The smallest absolute Gasteiger partial charge is 0.387 e. The van der Waals surface area contributed by atoms with Crippen LogP contribution >= 0.6 is 0 Å². The molecule has 3 aromatic rings. The molecule has 0 spiro atoms. The first kappa shape index (κ1) is 16.5. The van der Waals surface area contributed by atoms with E-state index in [0.717, 1.165) is 0 Å². The molecule has 0 radical (unpaired) electrons. The van der Waals surface area contributed by atoms with Crippen molar-refractivity contribution in [3.63, 3.8) is 0 Å². The zero-order valence-corrected chi connectivity index (χ0v) is 13.1. The van der Waals surface area contributed by atoms with E-state index >= 15 is 0 Å². The molecule has 0 aliphatic rings. The molecule has 3 rings (SSSR count). The number of carbonyl (C=O) groups excluding carboxylic acids is 1. The molecule has 9 heteroatoms. The van der Waals surface area contributed by atoms with Gasteiger partial charge in [-0.2, -0.15) is 8.78 Å². The number of halogens is 2. The monoisotopic (exact) mass is 345 g/mol. The zero-order valence-electron chi connectivity index (χ0n) is 13.1. The van der Waals surface area contributed by atoms with Crippen LogP contribution in [-0.4, -0.2) is 32.5 Å². The molecule has 25 heavy (non-hydrogen) atoms. The van der Waals surface area contributed by atoms with Gasteiger partial charge in [0, 0.05) is 6.20 Å². The molecule has 2 heterocycles. The average Bonchev–Trinajstić information content (AvgIpc) is 2.98. The average molecular weight is 345 g/mol. The summed E-state index contributed by atoms with van der Waals surface area (Å²) < 4.78 is 30.1. The Morgan fingerprint density at radius 3 is 2.64 bits per heavy atom. The van der Waals surface area contributed by atoms with Crippen molar-refractivity contribution >= 4 is 11.6 Å². The summed E-state index contributed by atoms with van der Waals surface area (Å²) in [6, 6.07) is 9.26. The van der Waals surface area contributed by atoms with E-state index in [1.54, 1.807) is 37.4 Å². The zero-order chi connectivity index (χ0) is 17.8. The van der Waals surface area contributed by atoms with Crippen molar-refractivity contribution in [3.05, 3.63) is 60.2 Å². The van der Waals surface area contributed by atoms with Crippen molar-refractivity contribution < 1.29 is 18.3 Å². The maximum atomic E-state index is 12.3. The van der Waals surface area contributed by atoms with Gasteiger partial charge in [0.15, 0.2) is 5.69 Å². The van der Waals surface area contributed by atoms with Gasteiger partial charge >= 0.3 is 6.61 Å². The summed E-state index contributed by atoms with van der Waals surface area (Å²) in [5.74, 6) is -0.388. The van der Waals surface area contributed by atoms with Gasteiger partial charge in [-0.3, -0.25) is 9.78 Å². The fourth-order valence-corrected chi connectivity index (χ4v) is 2.18. The summed E-state index contributed by atoms with van der Waals surface area (Å²) in [6.45, 7) is -1.21. The highest BCUT2D eigenvalue weighted by Gasteiger charge is 2.17. The van der Waals surface area contributed by atoms with Crippen LogP contribution in [0.1, 0.15) is 16.2 Å². The third kappa shape index (κ3) is 3.77. The molecule has 128 valence electrons. The summed E-state index contributed by atoms with van der Waals surface area (Å²) in [7, 11) is 0. The maximum absolute atomic E-state index is 12.3. The molecule has 0 unspecified atom stereocenters. The Hall–Kier alpha value is -3.36. The van der Waals surface area contributed by atoms with Gasteiger partial charge in [-0.05, 0) is 43.3 Å². The second-order valence-electron chi connectivity index (χ2n) is 5.00. The SMILES string of the molecule is Cc1c(C(=O)Nc2cccnc2)nnn1-c1ccc(OC(F)F)cc1. The summed E-state index contributed by atoms with van der Waals surface area (Å²) in [4.78, 5) is 16.2. The van der Waals surface area contributed by atoms with E-state index in [-0.39, 0.29) is 11.4 Å². The highest BCUT2D eigenvalue weighted by Crippen LogP contribution is 2.19. The number of hydrogen-bond donors (Lipinski definition) is 1. The summed E-state index contributed by atoms with van der Waals surface area (Å²) in [6.07, 6.45) is 3.11. The number of amides is 1. The summed E-state index contributed by atoms with van der Waals surface area (Å²) >= 11 is 0. The van der Waals surface area contributed by atoms with Gasteiger partial charge < -0.3 is 10.1 Å². The molecule has 0 bridgehead atoms. The van der Waals surface area contributed by atoms with Gasteiger partial charge in [0.1, 0.15) is 5.75 Å². The van der Waals surface area contributed by atoms with Gasteiger partial charge in [-0.25, -0.2) is 4.68 Å². The predicted molar refractivity (Wildman–Crippen MR) is 84.9 cm³/mol. The lowest BCUT2D eigenvalue weighted by molar-refractivity contribution is -0.0498. The highest BCUT2D eigenvalue weighted by atomic mass is 19.3. The second kappa shape index (κ2) is 7.04. The number of nitrogens with zero attached hydrogens (tertiary/aromatic N) is 4. The van der Waals surface area contributed by atoms with Crippen molar-refractivity contribution in [1.29, 1.82) is 0 Å². The molecule has 0 aliphatic heterocycles. The van der Waals surface area contributed by atoms with Gasteiger partial charge in [0.05, 0.1) is 23.3 Å². The van der Waals surface area contributed by atoms with Crippen LogP contribution in [-0.2, 0) is 0 Å². The maximum Gasteiger partial charge on any atom is 0.387 e. The lowest BCUT2D eigenvalue weighted by Crippen LogP contribution is -2.14. The minimum Gasteiger partial charge on any atom is -0.435 e. The number of rotatable bonds is 5. The Morgan fingerprint density at radius 1 is 1.24 bits per heavy atom. The largest absolute Gasteiger partial charge is 0.435 e. The summed E-state index contributed by atoms with van der Waals surface area (Å²) in [5, 5.41) is 10.5. The van der Waals surface area contributed by atoms with Crippen molar-refractivity contribution in [3.8, 4) is 11.4 Å². The quantitative estimate of drug-likeness (QED) is 0.769. The van der Waals surface area contributed by atoms with E-state index < -0.39 is 12.5 Å². The molecule has 1 aromatic carbocycles. The first-order valence-electron chi connectivity index (χ1n) is 7.23. The van der Waals surface area contributed by atoms with Gasteiger partial charge in [0.2, 0.25) is 0 Å². The van der Waals surface area contributed by atoms with Crippen molar-refractivity contribution in [1.82, 2.24) is 20.0 Å². The van der Waals surface area contributed by atoms with Crippen LogP contribution in [0.25, 0.3) is 5.69 Å². The number of pyridine rings is 1. The van der Waals surface area contributed by atoms with E-state index in [2.05, 4.69) is 25.3 Å². The minimum absolute atomic E-state index is 0.0334. The van der Waals surface area contributed by atoms with Crippen LogP contribution in [0.4, 0.5) is 14.5 Å². The number of hydrogen-bond acceptors (Lipinski definition) is 5. The highest BCUT2D eigenvalue weighted by molar-refractivity contribution is 6.03. The number of aromatic nitrogens is 4. The minimum atomic E-state index is -2.89. The van der Waals surface area contributed by atoms with E-state index in [9.17, 15) is 13.6 Å². The van der Waals surface area contributed by atoms with E-state index in [4.69, 9.17) is 0 Å². The lowest BCUT2D eigenvalue weighted by Gasteiger charge is -2.07. The Kier molecular flexibility index (Phi) is 4.64. The molecular weight excluding hydrogens is 332 g/mol. The third-order valence-electron chi connectivity index (χ3n) is 3.34. The van der Waals surface area contributed by atoms with Gasteiger partial charge in [0.25, 0.3) is 5.91 Å². The van der Waals surface area contributed by atoms with Crippen molar-refractivity contribution in [2.45, 2.75) is 13.5 Å². The topological polar surface area (TPSA) is 81.9 Å². The normalized spacial score (nSPS) is 10.7. The predicted octanol–water partition coefficient (Wildman–Crippen LogP) is 2.82. The molecular formula is C16H13F2N5O2. The summed E-state index contributed by atoms with van der Waals surface area (Å²) in [5.41, 5.74) is 1.75. The fourth-order valence-electron chi connectivity index (χ4n) is 2.18. The van der Waals surface area contributed by atoms with Crippen LogP contribution in [0.3, 0.4) is 0 Å². The van der Waals surface area contributed by atoms with E-state index in [0.29, 0.717) is 17.1 Å². The van der Waals surface area contributed by atoms with Crippen LogP contribution in [0.5, 0.6) is 5.75 Å². The lowest BCUT2D eigenvalue weighted by atomic mass is 10.2. The molecule has 0 saturated carbocycles. The first-order valence-corrected chi connectivity index (χ1v) is 7.23. The fraction of sp³-hybridized carbons (Fsp3) is 0.125.